The van der Waals surface area contributed by atoms with Crippen LogP contribution in [-0.4, -0.2) is 22.8 Å². The average molecular weight is 371 g/mol. The smallest absolute Gasteiger partial charge is 0.280 e. The molecule has 0 saturated heterocycles. The average Bonchev–Trinajstić information content (AvgIpc) is 2.74. The van der Waals surface area contributed by atoms with Crippen LogP contribution >= 0.6 is 0 Å². The third-order valence-electron chi connectivity index (χ3n) is 4.37. The number of benzene rings is 3. The molecular weight excluding hydrogens is 354 g/mol. The van der Waals surface area contributed by atoms with Crippen molar-refractivity contribution >= 4 is 22.4 Å². The van der Waals surface area contributed by atoms with Crippen molar-refractivity contribution in [2.75, 3.05) is 12.4 Å². The Labute approximate surface area is 161 Å². The van der Waals surface area contributed by atoms with Crippen LogP contribution in [0.2, 0.25) is 0 Å². The van der Waals surface area contributed by atoms with Gasteiger partial charge in [0.25, 0.3) is 5.91 Å². The minimum atomic E-state index is -0.553. The highest BCUT2D eigenvalue weighted by atomic mass is 16.5. The SMILES string of the molecule is COc1ccc(-n2ccc(=O)c(C(=O)Nc3ccc4ccccc4c3)n2)cc1. The maximum absolute atomic E-state index is 12.6. The third kappa shape index (κ3) is 3.48. The number of anilines is 1. The quantitative estimate of drug-likeness (QED) is 0.594. The fourth-order valence-electron chi connectivity index (χ4n) is 2.90. The Hall–Kier alpha value is -3.93. The minimum absolute atomic E-state index is 0.175. The summed E-state index contributed by atoms with van der Waals surface area (Å²) >= 11 is 0. The lowest BCUT2D eigenvalue weighted by Crippen LogP contribution is -2.25. The van der Waals surface area contributed by atoms with Crippen molar-refractivity contribution in [3.8, 4) is 11.4 Å². The molecule has 0 radical (unpaired) electrons. The van der Waals surface area contributed by atoms with Crippen molar-refractivity contribution in [1.29, 1.82) is 0 Å². The summed E-state index contributed by atoms with van der Waals surface area (Å²) in [6, 6.07) is 21.9. The first kappa shape index (κ1) is 17.5. The van der Waals surface area contributed by atoms with E-state index in [9.17, 15) is 9.59 Å². The molecule has 138 valence electrons. The van der Waals surface area contributed by atoms with E-state index in [-0.39, 0.29) is 5.69 Å². The lowest BCUT2D eigenvalue weighted by Gasteiger charge is -2.09. The monoisotopic (exact) mass is 371 g/mol. The van der Waals surface area contributed by atoms with E-state index < -0.39 is 11.3 Å². The molecule has 1 aromatic heterocycles. The van der Waals surface area contributed by atoms with Gasteiger partial charge < -0.3 is 10.1 Å². The molecule has 4 aromatic rings. The Balaban J connectivity index is 1.63. The molecule has 0 saturated carbocycles. The van der Waals surface area contributed by atoms with E-state index in [4.69, 9.17) is 4.74 Å². The number of amides is 1. The summed E-state index contributed by atoms with van der Waals surface area (Å²) in [5.41, 5.74) is 0.694. The fraction of sp³-hybridized carbons (Fsp3) is 0.0455. The predicted octanol–water partition coefficient (Wildman–Crippen LogP) is 3.65. The van der Waals surface area contributed by atoms with Gasteiger partial charge >= 0.3 is 0 Å². The van der Waals surface area contributed by atoms with E-state index in [0.717, 1.165) is 10.8 Å². The Morgan fingerprint density at radius 2 is 1.71 bits per heavy atom. The van der Waals surface area contributed by atoms with Crippen LogP contribution in [0.5, 0.6) is 5.75 Å². The van der Waals surface area contributed by atoms with Gasteiger partial charge in [-0.15, -0.1) is 0 Å². The molecule has 1 heterocycles. The maximum atomic E-state index is 12.6. The number of nitrogens with one attached hydrogen (secondary N) is 1. The van der Waals surface area contributed by atoms with Crippen molar-refractivity contribution in [3.63, 3.8) is 0 Å². The van der Waals surface area contributed by atoms with Gasteiger partial charge in [-0.1, -0.05) is 30.3 Å². The molecule has 0 atom stereocenters. The highest BCUT2D eigenvalue weighted by Gasteiger charge is 2.14. The molecular formula is C22H17N3O3. The number of carbonyl (C=O) groups is 1. The molecule has 0 spiro atoms. The first-order chi connectivity index (χ1) is 13.6. The number of nitrogens with zero attached hydrogens (tertiary/aromatic N) is 2. The molecule has 6 nitrogen and oxygen atoms in total. The largest absolute Gasteiger partial charge is 0.497 e. The van der Waals surface area contributed by atoms with E-state index in [1.807, 2.05) is 36.4 Å². The molecule has 0 unspecified atom stereocenters. The van der Waals surface area contributed by atoms with Crippen molar-refractivity contribution in [1.82, 2.24) is 9.78 Å². The summed E-state index contributed by atoms with van der Waals surface area (Å²) in [7, 11) is 1.59. The Kier molecular flexibility index (Phi) is 4.60. The van der Waals surface area contributed by atoms with Gasteiger partial charge in [-0.3, -0.25) is 9.59 Å². The number of carbonyl (C=O) groups excluding carboxylic acids is 1. The summed E-state index contributed by atoms with van der Waals surface area (Å²) in [6.07, 6.45) is 1.52. The van der Waals surface area contributed by atoms with Crippen LogP contribution in [0.15, 0.2) is 83.8 Å². The van der Waals surface area contributed by atoms with Gasteiger partial charge in [0.05, 0.1) is 12.8 Å². The molecule has 6 heteroatoms. The van der Waals surface area contributed by atoms with Gasteiger partial charge in [0.15, 0.2) is 5.69 Å². The van der Waals surface area contributed by atoms with Crippen LogP contribution in [0.25, 0.3) is 16.5 Å². The molecule has 0 fully saturated rings. The van der Waals surface area contributed by atoms with Crippen LogP contribution in [-0.2, 0) is 0 Å². The number of methoxy groups -OCH3 is 1. The molecule has 0 aliphatic carbocycles. The molecule has 0 aliphatic rings. The minimum Gasteiger partial charge on any atom is -0.497 e. The van der Waals surface area contributed by atoms with Gasteiger partial charge in [-0.05, 0) is 47.2 Å². The summed E-state index contributed by atoms with van der Waals surface area (Å²) in [4.78, 5) is 24.8. The number of ether oxygens (including phenoxy) is 1. The van der Waals surface area contributed by atoms with Crippen LogP contribution in [0.4, 0.5) is 5.69 Å². The topological polar surface area (TPSA) is 73.2 Å². The van der Waals surface area contributed by atoms with Gasteiger partial charge in [0.2, 0.25) is 5.43 Å². The normalized spacial score (nSPS) is 10.6. The molecule has 28 heavy (non-hydrogen) atoms. The van der Waals surface area contributed by atoms with Crippen molar-refractivity contribution in [2.45, 2.75) is 0 Å². The zero-order chi connectivity index (χ0) is 19.5. The molecule has 0 bridgehead atoms. The number of rotatable bonds is 4. The van der Waals surface area contributed by atoms with Crippen molar-refractivity contribution in [2.24, 2.45) is 0 Å². The zero-order valence-electron chi connectivity index (χ0n) is 15.1. The van der Waals surface area contributed by atoms with Gasteiger partial charge in [-0.2, -0.15) is 5.10 Å². The predicted molar refractivity (Wildman–Crippen MR) is 108 cm³/mol. The van der Waals surface area contributed by atoms with E-state index in [1.54, 1.807) is 37.4 Å². The first-order valence-corrected chi connectivity index (χ1v) is 8.68. The lowest BCUT2D eigenvalue weighted by molar-refractivity contribution is 0.101. The number of hydrogen-bond donors (Lipinski definition) is 1. The molecule has 1 amide bonds. The fourth-order valence-corrected chi connectivity index (χ4v) is 2.90. The van der Waals surface area contributed by atoms with Crippen LogP contribution in [0, 0.1) is 0 Å². The standard InChI is InChI=1S/C22H17N3O3/c1-28-19-10-8-18(9-11-19)25-13-12-20(26)21(24-25)22(27)23-17-7-6-15-4-2-3-5-16(15)14-17/h2-14H,1H3,(H,23,27). The number of fused-ring (bicyclic) bond motifs is 1. The number of hydrogen-bond acceptors (Lipinski definition) is 4. The van der Waals surface area contributed by atoms with E-state index in [2.05, 4.69) is 10.4 Å². The molecule has 1 N–H and O–H groups in total. The van der Waals surface area contributed by atoms with E-state index in [1.165, 1.54) is 16.9 Å². The van der Waals surface area contributed by atoms with Gasteiger partial charge in [0.1, 0.15) is 5.75 Å². The van der Waals surface area contributed by atoms with E-state index >= 15 is 0 Å². The second-order valence-corrected chi connectivity index (χ2v) is 6.19. The maximum Gasteiger partial charge on any atom is 0.280 e. The highest BCUT2D eigenvalue weighted by molar-refractivity contribution is 6.03. The Morgan fingerprint density at radius 1 is 0.964 bits per heavy atom. The lowest BCUT2D eigenvalue weighted by atomic mass is 10.1. The second kappa shape index (κ2) is 7.36. The van der Waals surface area contributed by atoms with Crippen LogP contribution in [0.3, 0.4) is 0 Å². The molecule has 0 aliphatic heterocycles. The first-order valence-electron chi connectivity index (χ1n) is 8.68. The summed E-state index contributed by atoms with van der Waals surface area (Å²) in [5.74, 6) is 0.155. The second-order valence-electron chi connectivity index (χ2n) is 6.19. The van der Waals surface area contributed by atoms with Gasteiger partial charge in [-0.25, -0.2) is 4.68 Å². The highest BCUT2D eigenvalue weighted by Crippen LogP contribution is 2.19. The third-order valence-corrected chi connectivity index (χ3v) is 4.37. The summed E-state index contributed by atoms with van der Waals surface area (Å²) in [5, 5.41) is 9.03. The number of aromatic nitrogens is 2. The Morgan fingerprint density at radius 3 is 2.46 bits per heavy atom. The summed E-state index contributed by atoms with van der Waals surface area (Å²) < 4.78 is 6.62. The van der Waals surface area contributed by atoms with E-state index in [0.29, 0.717) is 17.1 Å². The zero-order valence-corrected chi connectivity index (χ0v) is 15.1. The van der Waals surface area contributed by atoms with Crippen molar-refractivity contribution < 1.29 is 9.53 Å². The van der Waals surface area contributed by atoms with Gasteiger partial charge in [0, 0.05) is 18.0 Å². The van der Waals surface area contributed by atoms with Crippen LogP contribution in [0.1, 0.15) is 10.5 Å². The van der Waals surface area contributed by atoms with Crippen LogP contribution < -0.4 is 15.5 Å². The molecule has 3 aromatic carbocycles. The van der Waals surface area contributed by atoms with Crippen molar-refractivity contribution in [3.05, 3.63) is 94.9 Å². The Bertz CT molecular complexity index is 1210. The molecule has 4 rings (SSSR count). The summed E-state index contributed by atoms with van der Waals surface area (Å²) in [6.45, 7) is 0.